The van der Waals surface area contributed by atoms with Crippen molar-refractivity contribution < 1.29 is 22.3 Å². The molecule has 1 aliphatic rings. The molecule has 10 heteroatoms. The summed E-state index contributed by atoms with van der Waals surface area (Å²) in [7, 11) is -4.02. The van der Waals surface area contributed by atoms with Crippen LogP contribution < -0.4 is 9.04 Å². The van der Waals surface area contributed by atoms with Gasteiger partial charge in [0, 0.05) is 12.6 Å². The molecule has 0 radical (unpaired) electrons. The molecule has 1 aromatic heterocycles. The van der Waals surface area contributed by atoms with Crippen LogP contribution in [0, 0.1) is 17.1 Å². The number of carbonyl (C=O) groups is 1. The van der Waals surface area contributed by atoms with Crippen molar-refractivity contribution in [3.63, 3.8) is 0 Å². The number of nitrogens with zero attached hydrogens (tertiary/aromatic N) is 3. The van der Waals surface area contributed by atoms with E-state index in [2.05, 4.69) is 4.98 Å². The molecule has 0 bridgehead atoms. The minimum Gasteiger partial charge on any atom is -0.474 e. The van der Waals surface area contributed by atoms with Crippen LogP contribution in [-0.2, 0) is 16.4 Å². The number of Topliss-reactive ketones (excluding diaryl/α,β-unsaturated/α-hetero) is 1. The number of halogens is 2. The molecule has 0 aliphatic carbocycles. The van der Waals surface area contributed by atoms with E-state index >= 15 is 0 Å². The Labute approximate surface area is 188 Å². The van der Waals surface area contributed by atoms with E-state index in [9.17, 15) is 17.6 Å². The molecule has 32 heavy (non-hydrogen) atoms. The van der Waals surface area contributed by atoms with Gasteiger partial charge >= 0.3 is 0 Å². The quantitative estimate of drug-likeness (QED) is 0.525. The predicted octanol–water partition coefficient (Wildman–Crippen LogP) is 3.76. The summed E-state index contributed by atoms with van der Waals surface area (Å²) >= 11 is 5.97. The molecule has 3 aromatic rings. The van der Waals surface area contributed by atoms with Gasteiger partial charge in [0.1, 0.15) is 18.1 Å². The Kier molecular flexibility index (Phi) is 5.82. The van der Waals surface area contributed by atoms with Gasteiger partial charge in [-0.1, -0.05) is 23.7 Å². The fourth-order valence-electron chi connectivity index (χ4n) is 3.36. The maximum absolute atomic E-state index is 14.1. The summed E-state index contributed by atoms with van der Waals surface area (Å²) in [5, 5.41) is 9.08. The van der Waals surface area contributed by atoms with Gasteiger partial charge in [0.15, 0.2) is 5.78 Å². The smallest absolute Gasteiger partial charge is 0.264 e. The zero-order valence-electron chi connectivity index (χ0n) is 16.5. The lowest BCUT2D eigenvalue weighted by atomic mass is 10.0. The number of benzene rings is 2. The first kappa shape index (κ1) is 21.7. The number of ether oxygens (including phenoxy) is 1. The number of anilines is 1. The highest BCUT2D eigenvalue weighted by atomic mass is 35.5. The molecule has 2 heterocycles. The number of aromatic nitrogens is 1. The largest absolute Gasteiger partial charge is 0.474 e. The summed E-state index contributed by atoms with van der Waals surface area (Å²) in [6.45, 7) is 0.102. The SMILES string of the molecule is N#Cc1cccc(S(=O)(=O)N2CCOc3ncc(CC(=O)c4c(F)cccc4Cl)cc32)c1. The van der Waals surface area contributed by atoms with Gasteiger partial charge in [0.05, 0.1) is 33.7 Å². The van der Waals surface area contributed by atoms with E-state index in [-0.39, 0.29) is 52.2 Å². The first-order valence-corrected chi connectivity index (χ1v) is 11.2. The minimum atomic E-state index is -4.02. The summed E-state index contributed by atoms with van der Waals surface area (Å²) in [6.07, 6.45) is 1.14. The van der Waals surface area contributed by atoms with E-state index < -0.39 is 21.6 Å². The molecule has 2 aromatic carbocycles. The first-order valence-electron chi connectivity index (χ1n) is 9.43. The maximum atomic E-state index is 14.1. The second kappa shape index (κ2) is 8.57. The monoisotopic (exact) mass is 471 g/mol. The van der Waals surface area contributed by atoms with Gasteiger partial charge in [0.25, 0.3) is 10.0 Å². The number of rotatable bonds is 5. The standard InChI is InChI=1S/C22H15ClFN3O4S/c23-17-5-2-6-18(24)21(17)20(28)11-15-10-19-22(26-13-15)31-8-7-27(19)32(29,30)16-4-1-3-14(9-16)12-25/h1-6,9-10,13H,7-8,11H2. The average Bonchev–Trinajstić information content (AvgIpc) is 2.78. The van der Waals surface area contributed by atoms with Gasteiger partial charge in [-0.3, -0.25) is 9.10 Å². The van der Waals surface area contributed by atoms with Gasteiger partial charge < -0.3 is 4.74 Å². The summed E-state index contributed by atoms with van der Waals surface area (Å²) < 4.78 is 47.2. The summed E-state index contributed by atoms with van der Waals surface area (Å²) in [5.74, 6) is -1.21. The maximum Gasteiger partial charge on any atom is 0.264 e. The van der Waals surface area contributed by atoms with Crippen LogP contribution in [0.25, 0.3) is 0 Å². The minimum absolute atomic E-state index is 0.00849. The van der Waals surface area contributed by atoms with Crippen molar-refractivity contribution in [3.8, 4) is 11.9 Å². The van der Waals surface area contributed by atoms with Crippen molar-refractivity contribution >= 4 is 33.1 Å². The van der Waals surface area contributed by atoms with Crippen molar-refractivity contribution in [2.45, 2.75) is 11.3 Å². The fraction of sp³-hybridized carbons (Fsp3) is 0.136. The summed E-state index contributed by atoms with van der Waals surface area (Å²) in [4.78, 5) is 16.7. The van der Waals surface area contributed by atoms with Crippen molar-refractivity contribution in [3.05, 3.63) is 82.3 Å². The third-order valence-corrected chi connectivity index (χ3v) is 6.97. The average molecular weight is 472 g/mol. The first-order chi connectivity index (χ1) is 15.3. The Balaban J connectivity index is 1.70. The van der Waals surface area contributed by atoms with E-state index in [0.717, 1.165) is 10.4 Å². The molecule has 0 saturated carbocycles. The molecule has 4 rings (SSSR count). The third kappa shape index (κ3) is 4.02. The van der Waals surface area contributed by atoms with E-state index in [0.29, 0.717) is 5.56 Å². The van der Waals surface area contributed by atoms with Crippen molar-refractivity contribution in [1.82, 2.24) is 4.98 Å². The second-order valence-electron chi connectivity index (χ2n) is 6.93. The lowest BCUT2D eigenvalue weighted by molar-refractivity contribution is 0.0989. The van der Waals surface area contributed by atoms with Gasteiger partial charge in [-0.05, 0) is 42.0 Å². The Hall–Kier alpha value is -3.48. The third-order valence-electron chi connectivity index (χ3n) is 4.85. The Morgan fingerprint density at radius 1 is 1.25 bits per heavy atom. The Morgan fingerprint density at radius 2 is 2.03 bits per heavy atom. The number of nitriles is 1. The van der Waals surface area contributed by atoms with Crippen molar-refractivity contribution in [2.24, 2.45) is 0 Å². The molecule has 0 unspecified atom stereocenters. The molecule has 7 nitrogen and oxygen atoms in total. The highest BCUT2D eigenvalue weighted by Crippen LogP contribution is 2.35. The topological polar surface area (TPSA) is 100 Å². The normalized spacial score (nSPS) is 13.1. The molecule has 0 N–H and O–H groups in total. The van der Waals surface area contributed by atoms with E-state index in [1.807, 2.05) is 6.07 Å². The number of carbonyl (C=O) groups excluding carboxylic acids is 1. The van der Waals surface area contributed by atoms with Crippen LogP contribution in [0.5, 0.6) is 5.88 Å². The number of sulfonamides is 1. The highest BCUT2D eigenvalue weighted by molar-refractivity contribution is 7.92. The number of pyridine rings is 1. The molecule has 0 atom stereocenters. The zero-order chi connectivity index (χ0) is 22.9. The molecule has 0 spiro atoms. The van der Waals surface area contributed by atoms with E-state index in [4.69, 9.17) is 21.6 Å². The lowest BCUT2D eigenvalue weighted by Crippen LogP contribution is -2.38. The van der Waals surface area contributed by atoms with Crippen LogP contribution in [0.1, 0.15) is 21.5 Å². The van der Waals surface area contributed by atoms with Gasteiger partial charge in [-0.2, -0.15) is 5.26 Å². The van der Waals surface area contributed by atoms with Gasteiger partial charge in [-0.25, -0.2) is 17.8 Å². The number of hydrogen-bond donors (Lipinski definition) is 0. The molecule has 162 valence electrons. The molecular formula is C22H15ClFN3O4S. The van der Waals surface area contributed by atoms with Gasteiger partial charge in [0.2, 0.25) is 5.88 Å². The number of fused-ring (bicyclic) bond motifs is 1. The van der Waals surface area contributed by atoms with Crippen molar-refractivity contribution in [1.29, 1.82) is 5.26 Å². The predicted molar refractivity (Wildman–Crippen MR) is 115 cm³/mol. The lowest BCUT2D eigenvalue weighted by Gasteiger charge is -2.30. The number of hydrogen-bond acceptors (Lipinski definition) is 6. The van der Waals surface area contributed by atoms with E-state index in [1.54, 1.807) is 0 Å². The van der Waals surface area contributed by atoms with E-state index in [1.165, 1.54) is 48.7 Å². The van der Waals surface area contributed by atoms with Crippen LogP contribution in [0.4, 0.5) is 10.1 Å². The van der Waals surface area contributed by atoms with Crippen LogP contribution in [-0.4, -0.2) is 32.3 Å². The summed E-state index contributed by atoms with van der Waals surface area (Å²) in [6, 6.07) is 13.0. The zero-order valence-corrected chi connectivity index (χ0v) is 18.0. The van der Waals surface area contributed by atoms with Crippen LogP contribution in [0.3, 0.4) is 0 Å². The molecule has 1 aliphatic heterocycles. The van der Waals surface area contributed by atoms with Crippen LogP contribution >= 0.6 is 11.6 Å². The van der Waals surface area contributed by atoms with Gasteiger partial charge in [-0.15, -0.1) is 0 Å². The van der Waals surface area contributed by atoms with Crippen LogP contribution in [0.2, 0.25) is 5.02 Å². The molecular weight excluding hydrogens is 457 g/mol. The Bertz CT molecular complexity index is 1350. The summed E-state index contributed by atoms with van der Waals surface area (Å²) in [5.41, 5.74) is 0.493. The van der Waals surface area contributed by atoms with Crippen molar-refractivity contribution in [2.75, 3.05) is 17.5 Å². The molecule has 0 amide bonds. The highest BCUT2D eigenvalue weighted by Gasteiger charge is 2.31. The Morgan fingerprint density at radius 3 is 2.78 bits per heavy atom. The number of ketones is 1. The second-order valence-corrected chi connectivity index (χ2v) is 9.20. The molecule has 0 fully saturated rings. The fourth-order valence-corrected chi connectivity index (χ4v) is 5.11. The van der Waals surface area contributed by atoms with Crippen LogP contribution in [0.15, 0.2) is 59.6 Å². The molecule has 0 saturated heterocycles.